The van der Waals surface area contributed by atoms with Gasteiger partial charge in [-0.25, -0.2) is 0 Å². The minimum atomic E-state index is -0.167. The minimum absolute atomic E-state index is 0.167. The Balaban J connectivity index is 1.66. The lowest BCUT2D eigenvalue weighted by atomic mass is 10.1. The average Bonchev–Trinajstić information content (AvgIpc) is 3.19. The second-order valence-corrected chi connectivity index (χ2v) is 6.59. The first kappa shape index (κ1) is 19.8. The predicted molar refractivity (Wildman–Crippen MR) is 108 cm³/mol. The largest absolute Gasteiger partial charge is 0.496 e. The van der Waals surface area contributed by atoms with Crippen molar-refractivity contribution in [1.29, 1.82) is 0 Å². The van der Waals surface area contributed by atoms with Crippen LogP contribution >= 0.6 is 11.6 Å². The van der Waals surface area contributed by atoms with E-state index in [1.54, 1.807) is 55.8 Å². The Morgan fingerprint density at radius 1 is 1.21 bits per heavy atom. The fourth-order valence-electron chi connectivity index (χ4n) is 2.68. The lowest BCUT2D eigenvalue weighted by Crippen LogP contribution is -2.22. The van der Waals surface area contributed by atoms with E-state index < -0.39 is 0 Å². The Kier molecular flexibility index (Phi) is 6.55. The quantitative estimate of drug-likeness (QED) is 0.620. The Morgan fingerprint density at radius 3 is 2.68 bits per heavy atom. The van der Waals surface area contributed by atoms with Crippen LogP contribution in [0.15, 0.2) is 54.9 Å². The van der Waals surface area contributed by atoms with Gasteiger partial charge in [-0.2, -0.15) is 5.10 Å². The lowest BCUT2D eigenvalue weighted by Gasteiger charge is -2.12. The van der Waals surface area contributed by atoms with Crippen LogP contribution in [0.3, 0.4) is 0 Å². The topological polar surface area (TPSA) is 65.4 Å². The van der Waals surface area contributed by atoms with E-state index in [0.717, 1.165) is 17.7 Å². The van der Waals surface area contributed by atoms with Crippen LogP contribution in [0.1, 0.15) is 28.4 Å². The molecule has 0 unspecified atom stereocenters. The molecule has 0 bridgehead atoms. The fourth-order valence-corrected chi connectivity index (χ4v) is 2.81. The maximum atomic E-state index is 12.5. The standard InChI is InChI=1S/C21H22ClN3O3/c1-3-25-13-15(12-24-25)11-23-21(26)16-4-9-20(27-2)17(10-16)14-28-19-7-5-18(22)6-8-19/h4-10,12-13H,3,11,14H2,1-2H3,(H,23,26). The molecule has 1 aromatic heterocycles. The number of ether oxygens (including phenoxy) is 2. The summed E-state index contributed by atoms with van der Waals surface area (Å²) in [7, 11) is 1.59. The number of rotatable bonds is 8. The molecule has 1 amide bonds. The van der Waals surface area contributed by atoms with Gasteiger partial charge < -0.3 is 14.8 Å². The third kappa shape index (κ3) is 5.04. The molecule has 2 aromatic carbocycles. The molecule has 0 aliphatic carbocycles. The zero-order valence-corrected chi connectivity index (χ0v) is 16.6. The molecule has 0 radical (unpaired) electrons. The van der Waals surface area contributed by atoms with Gasteiger partial charge in [-0.05, 0) is 49.4 Å². The predicted octanol–water partition coefficient (Wildman–Crippen LogP) is 4.07. The zero-order chi connectivity index (χ0) is 19.9. The van der Waals surface area contributed by atoms with Crippen LogP contribution in [0.2, 0.25) is 5.02 Å². The van der Waals surface area contributed by atoms with Gasteiger partial charge in [-0.3, -0.25) is 9.48 Å². The number of aromatic nitrogens is 2. The first-order valence-corrected chi connectivity index (χ1v) is 9.31. The number of amides is 1. The number of nitrogens with one attached hydrogen (secondary N) is 1. The van der Waals surface area contributed by atoms with Crippen molar-refractivity contribution in [3.8, 4) is 11.5 Å². The van der Waals surface area contributed by atoms with Crippen LogP contribution in [0.25, 0.3) is 0 Å². The summed E-state index contributed by atoms with van der Waals surface area (Å²) in [5, 5.41) is 7.76. The van der Waals surface area contributed by atoms with Crippen molar-refractivity contribution in [3.63, 3.8) is 0 Å². The van der Waals surface area contributed by atoms with Gasteiger partial charge in [0.1, 0.15) is 18.1 Å². The van der Waals surface area contributed by atoms with Gasteiger partial charge in [0.2, 0.25) is 0 Å². The molecule has 1 N–H and O–H groups in total. The molecule has 146 valence electrons. The highest BCUT2D eigenvalue weighted by molar-refractivity contribution is 6.30. The highest BCUT2D eigenvalue weighted by atomic mass is 35.5. The molecule has 1 heterocycles. The van der Waals surface area contributed by atoms with E-state index in [1.807, 2.05) is 17.8 Å². The van der Waals surface area contributed by atoms with Crippen molar-refractivity contribution in [1.82, 2.24) is 15.1 Å². The maximum Gasteiger partial charge on any atom is 0.251 e. The summed E-state index contributed by atoms with van der Waals surface area (Å²) in [6.07, 6.45) is 3.67. The Morgan fingerprint density at radius 2 is 2.00 bits per heavy atom. The average molecular weight is 400 g/mol. The number of methoxy groups -OCH3 is 1. The van der Waals surface area contributed by atoms with Crippen LogP contribution in [-0.4, -0.2) is 22.8 Å². The molecular formula is C21H22ClN3O3. The normalized spacial score (nSPS) is 10.5. The second kappa shape index (κ2) is 9.28. The first-order valence-electron chi connectivity index (χ1n) is 8.94. The van der Waals surface area contributed by atoms with Crippen molar-refractivity contribution in [2.75, 3.05) is 7.11 Å². The molecule has 3 aromatic rings. The van der Waals surface area contributed by atoms with Gasteiger partial charge in [0.05, 0.1) is 13.3 Å². The molecule has 0 saturated carbocycles. The van der Waals surface area contributed by atoms with Crippen molar-refractivity contribution in [2.45, 2.75) is 26.6 Å². The number of halogens is 1. The number of carbonyl (C=O) groups is 1. The molecule has 28 heavy (non-hydrogen) atoms. The number of carbonyl (C=O) groups excluding carboxylic acids is 1. The van der Waals surface area contributed by atoms with Gasteiger partial charge in [0.15, 0.2) is 0 Å². The van der Waals surface area contributed by atoms with Crippen molar-refractivity contribution < 1.29 is 14.3 Å². The van der Waals surface area contributed by atoms with E-state index in [-0.39, 0.29) is 12.5 Å². The number of benzene rings is 2. The van der Waals surface area contributed by atoms with Crippen molar-refractivity contribution in [3.05, 3.63) is 76.6 Å². The summed E-state index contributed by atoms with van der Waals surface area (Å²) in [4.78, 5) is 12.5. The van der Waals surface area contributed by atoms with Gasteiger partial charge in [0.25, 0.3) is 5.91 Å². The number of hydrogen-bond acceptors (Lipinski definition) is 4. The Hall–Kier alpha value is -2.99. The van der Waals surface area contributed by atoms with E-state index in [1.165, 1.54) is 0 Å². The van der Waals surface area contributed by atoms with Gasteiger partial charge in [-0.1, -0.05) is 11.6 Å². The van der Waals surface area contributed by atoms with Gasteiger partial charge >= 0.3 is 0 Å². The van der Waals surface area contributed by atoms with E-state index in [9.17, 15) is 4.79 Å². The molecule has 0 atom stereocenters. The Bertz CT molecular complexity index is 938. The molecule has 0 aliphatic heterocycles. The van der Waals surface area contributed by atoms with Crippen LogP contribution < -0.4 is 14.8 Å². The smallest absolute Gasteiger partial charge is 0.251 e. The van der Waals surface area contributed by atoms with E-state index >= 15 is 0 Å². The summed E-state index contributed by atoms with van der Waals surface area (Å²) >= 11 is 5.89. The molecule has 0 fully saturated rings. The molecule has 0 spiro atoms. The summed E-state index contributed by atoms with van der Waals surface area (Å²) in [6.45, 7) is 3.50. The molecule has 0 aliphatic rings. The van der Waals surface area contributed by atoms with Crippen LogP contribution in [0.5, 0.6) is 11.5 Å². The first-order chi connectivity index (χ1) is 13.6. The third-order valence-electron chi connectivity index (χ3n) is 4.21. The number of aryl methyl sites for hydroxylation is 1. The maximum absolute atomic E-state index is 12.5. The summed E-state index contributed by atoms with van der Waals surface area (Å²) < 4.78 is 13.0. The van der Waals surface area contributed by atoms with Crippen LogP contribution in [0.4, 0.5) is 0 Å². The summed E-state index contributed by atoms with van der Waals surface area (Å²) in [5.74, 6) is 1.18. The number of hydrogen-bond donors (Lipinski definition) is 1. The molecule has 3 rings (SSSR count). The highest BCUT2D eigenvalue weighted by Gasteiger charge is 2.11. The second-order valence-electron chi connectivity index (χ2n) is 6.16. The van der Waals surface area contributed by atoms with E-state index in [0.29, 0.717) is 28.6 Å². The van der Waals surface area contributed by atoms with E-state index in [4.69, 9.17) is 21.1 Å². The highest BCUT2D eigenvalue weighted by Crippen LogP contribution is 2.23. The third-order valence-corrected chi connectivity index (χ3v) is 4.47. The lowest BCUT2D eigenvalue weighted by molar-refractivity contribution is 0.0950. The van der Waals surface area contributed by atoms with E-state index in [2.05, 4.69) is 10.4 Å². The monoisotopic (exact) mass is 399 g/mol. The van der Waals surface area contributed by atoms with Crippen LogP contribution in [0, 0.1) is 0 Å². The molecular weight excluding hydrogens is 378 g/mol. The molecule has 7 heteroatoms. The fraction of sp³-hybridized carbons (Fsp3) is 0.238. The van der Waals surface area contributed by atoms with Crippen LogP contribution in [-0.2, 0) is 19.7 Å². The SMILES string of the molecule is CCn1cc(CNC(=O)c2ccc(OC)c(COc3ccc(Cl)cc3)c2)cn1. The minimum Gasteiger partial charge on any atom is -0.496 e. The molecule has 0 saturated heterocycles. The van der Waals surface area contributed by atoms with Gasteiger partial charge in [-0.15, -0.1) is 0 Å². The molecule has 6 nitrogen and oxygen atoms in total. The Labute approximate surface area is 169 Å². The zero-order valence-electron chi connectivity index (χ0n) is 15.8. The van der Waals surface area contributed by atoms with Crippen molar-refractivity contribution in [2.24, 2.45) is 0 Å². The van der Waals surface area contributed by atoms with Gasteiger partial charge in [0, 0.05) is 41.0 Å². The number of nitrogens with zero attached hydrogens (tertiary/aromatic N) is 2. The summed E-state index contributed by atoms with van der Waals surface area (Å²) in [6, 6.07) is 12.4. The summed E-state index contributed by atoms with van der Waals surface area (Å²) in [5.41, 5.74) is 2.28. The van der Waals surface area contributed by atoms with Crippen molar-refractivity contribution >= 4 is 17.5 Å².